The Labute approximate surface area is 158 Å². The van der Waals surface area contributed by atoms with Crippen LogP contribution >= 0.6 is 0 Å². The van der Waals surface area contributed by atoms with Gasteiger partial charge in [-0.3, -0.25) is 10.8 Å². The van der Waals surface area contributed by atoms with E-state index in [1.54, 1.807) is 36.4 Å². The fourth-order valence-electron chi connectivity index (χ4n) is 2.40. The summed E-state index contributed by atoms with van der Waals surface area (Å²) in [6, 6.07) is 10.4. The molecule has 0 amide bonds. The fourth-order valence-corrected chi connectivity index (χ4v) is 2.40. The maximum absolute atomic E-state index is 7.39. The van der Waals surface area contributed by atoms with Crippen molar-refractivity contribution in [3.63, 3.8) is 0 Å². The Hall–Kier alpha value is -3.46. The molecule has 0 aliphatic heterocycles. The molecule has 0 aliphatic rings. The van der Waals surface area contributed by atoms with Gasteiger partial charge in [0.15, 0.2) is 0 Å². The van der Waals surface area contributed by atoms with E-state index in [9.17, 15) is 0 Å². The second kappa shape index (κ2) is 9.30. The number of nitrogens with one attached hydrogen (secondary N) is 4. The Morgan fingerprint density at radius 3 is 1.52 bits per heavy atom. The lowest BCUT2D eigenvalue weighted by Gasteiger charge is -2.12. The molecule has 0 aliphatic carbocycles. The summed E-state index contributed by atoms with van der Waals surface area (Å²) in [7, 11) is 0. The summed E-state index contributed by atoms with van der Waals surface area (Å²) in [5.41, 5.74) is 26.5. The normalized spacial score (nSPS) is 10.4. The van der Waals surface area contributed by atoms with Crippen molar-refractivity contribution in [1.82, 2.24) is 0 Å². The Morgan fingerprint density at radius 1 is 0.778 bits per heavy atom. The molecular formula is C18H26N8O. The van der Waals surface area contributed by atoms with Gasteiger partial charge in [-0.15, -0.1) is 0 Å². The summed E-state index contributed by atoms with van der Waals surface area (Å²) in [5.74, 6) is -0.0266. The second-order valence-corrected chi connectivity index (χ2v) is 5.90. The van der Waals surface area contributed by atoms with Crippen LogP contribution in [0.15, 0.2) is 36.4 Å². The highest BCUT2D eigenvalue weighted by atomic mass is 16.5. The molecule has 0 heterocycles. The lowest BCUT2D eigenvalue weighted by molar-refractivity contribution is 0.154. The number of nitrogens with two attached hydrogens (primary N) is 4. The predicted molar refractivity (Wildman–Crippen MR) is 112 cm³/mol. The minimum Gasteiger partial charge on any atom is -0.397 e. The highest BCUT2D eigenvalue weighted by Gasteiger charge is 2.04. The summed E-state index contributed by atoms with van der Waals surface area (Å²) in [5, 5.41) is 21.1. The smallest absolute Gasteiger partial charge is 0.122 e. The topological polar surface area (TPSA) is 185 Å². The summed E-state index contributed by atoms with van der Waals surface area (Å²) in [6.45, 7) is 2.21. The molecule has 0 atom stereocenters. The zero-order chi connectivity index (χ0) is 19.8. The Kier molecular flexibility index (Phi) is 6.84. The van der Waals surface area contributed by atoms with Crippen molar-refractivity contribution in [2.45, 2.75) is 0 Å². The van der Waals surface area contributed by atoms with E-state index >= 15 is 0 Å². The molecule has 12 N–H and O–H groups in total. The van der Waals surface area contributed by atoms with Gasteiger partial charge in [-0.2, -0.15) is 0 Å². The molecular weight excluding hydrogens is 344 g/mol. The van der Waals surface area contributed by atoms with Crippen LogP contribution in [0.2, 0.25) is 0 Å². The third-order valence-electron chi connectivity index (χ3n) is 3.85. The van der Waals surface area contributed by atoms with Gasteiger partial charge < -0.3 is 38.3 Å². The van der Waals surface area contributed by atoms with Crippen LogP contribution in [0.25, 0.3) is 0 Å². The number of rotatable bonds is 10. The molecule has 144 valence electrons. The second-order valence-electron chi connectivity index (χ2n) is 5.90. The van der Waals surface area contributed by atoms with E-state index in [1.807, 2.05) is 0 Å². The van der Waals surface area contributed by atoms with Gasteiger partial charge in [0.1, 0.15) is 11.7 Å². The first-order chi connectivity index (χ1) is 12.9. The van der Waals surface area contributed by atoms with Crippen LogP contribution in [0.5, 0.6) is 0 Å². The van der Waals surface area contributed by atoms with E-state index in [0.717, 1.165) is 11.4 Å². The number of hydrogen-bond acceptors (Lipinski definition) is 7. The maximum atomic E-state index is 7.39. The molecule has 0 radical (unpaired) electrons. The largest absolute Gasteiger partial charge is 0.397 e. The minimum absolute atomic E-state index is 0.0133. The molecule has 0 unspecified atom stereocenters. The monoisotopic (exact) mass is 370 g/mol. The van der Waals surface area contributed by atoms with Gasteiger partial charge in [0.05, 0.1) is 36.0 Å². The lowest BCUT2D eigenvalue weighted by atomic mass is 10.1. The molecule has 9 nitrogen and oxygen atoms in total. The summed E-state index contributed by atoms with van der Waals surface area (Å²) in [6.07, 6.45) is 0. The molecule has 0 aromatic heterocycles. The molecule has 2 rings (SSSR count). The molecule has 2 aromatic carbocycles. The number of nitrogen functional groups attached to an aromatic ring is 4. The SMILES string of the molecule is N=C(N)c1ccc(NCCOCCNc2ccc(C(=N)N)cc2N)c(N)c1. The van der Waals surface area contributed by atoms with Gasteiger partial charge in [0, 0.05) is 24.2 Å². The van der Waals surface area contributed by atoms with Crippen LogP contribution in [0.4, 0.5) is 22.7 Å². The van der Waals surface area contributed by atoms with Crippen LogP contribution in [-0.2, 0) is 4.74 Å². The Bertz CT molecular complexity index is 754. The Balaban J connectivity index is 1.67. The van der Waals surface area contributed by atoms with Crippen LogP contribution in [0.3, 0.4) is 0 Å². The summed E-state index contributed by atoms with van der Waals surface area (Å²) in [4.78, 5) is 0. The average Bonchev–Trinajstić information content (AvgIpc) is 2.62. The van der Waals surface area contributed by atoms with Crippen molar-refractivity contribution in [2.24, 2.45) is 11.5 Å². The van der Waals surface area contributed by atoms with Gasteiger partial charge in [0.25, 0.3) is 0 Å². The minimum atomic E-state index is -0.0133. The number of hydrogen-bond donors (Lipinski definition) is 8. The zero-order valence-electron chi connectivity index (χ0n) is 15.0. The molecule has 0 spiro atoms. The average molecular weight is 370 g/mol. The van der Waals surface area contributed by atoms with E-state index in [4.69, 9.17) is 38.5 Å². The quantitative estimate of drug-likeness (QED) is 0.132. The number of ether oxygens (including phenoxy) is 1. The third kappa shape index (κ3) is 5.79. The first-order valence-electron chi connectivity index (χ1n) is 8.42. The third-order valence-corrected chi connectivity index (χ3v) is 3.85. The van der Waals surface area contributed by atoms with Crippen molar-refractivity contribution >= 4 is 34.4 Å². The summed E-state index contributed by atoms with van der Waals surface area (Å²) < 4.78 is 5.57. The van der Waals surface area contributed by atoms with E-state index < -0.39 is 0 Å². The summed E-state index contributed by atoms with van der Waals surface area (Å²) >= 11 is 0. The van der Waals surface area contributed by atoms with Gasteiger partial charge >= 0.3 is 0 Å². The molecule has 2 aromatic rings. The van der Waals surface area contributed by atoms with Crippen LogP contribution in [0.1, 0.15) is 11.1 Å². The van der Waals surface area contributed by atoms with Crippen molar-refractivity contribution < 1.29 is 4.74 Å². The zero-order valence-corrected chi connectivity index (χ0v) is 15.0. The first-order valence-corrected chi connectivity index (χ1v) is 8.42. The number of benzene rings is 2. The van der Waals surface area contributed by atoms with Gasteiger partial charge in [-0.25, -0.2) is 0 Å². The molecule has 27 heavy (non-hydrogen) atoms. The maximum Gasteiger partial charge on any atom is 0.122 e. The molecule has 0 fully saturated rings. The van der Waals surface area contributed by atoms with Gasteiger partial charge in [-0.1, -0.05) is 0 Å². The first kappa shape index (κ1) is 19.9. The van der Waals surface area contributed by atoms with Crippen molar-refractivity contribution in [3.05, 3.63) is 47.5 Å². The van der Waals surface area contributed by atoms with Crippen LogP contribution in [0, 0.1) is 10.8 Å². The van der Waals surface area contributed by atoms with Gasteiger partial charge in [-0.05, 0) is 36.4 Å². The molecule has 9 heteroatoms. The van der Waals surface area contributed by atoms with E-state index in [2.05, 4.69) is 10.6 Å². The predicted octanol–water partition coefficient (Wildman–Crippen LogP) is 0.960. The molecule has 0 saturated carbocycles. The fraction of sp³-hybridized carbons (Fsp3) is 0.222. The van der Waals surface area contributed by atoms with Crippen molar-refractivity contribution in [3.8, 4) is 0 Å². The van der Waals surface area contributed by atoms with Gasteiger partial charge in [0.2, 0.25) is 0 Å². The van der Waals surface area contributed by atoms with E-state index in [-0.39, 0.29) is 11.7 Å². The Morgan fingerprint density at radius 2 is 1.19 bits per heavy atom. The van der Waals surface area contributed by atoms with Crippen molar-refractivity contribution in [1.29, 1.82) is 10.8 Å². The van der Waals surface area contributed by atoms with E-state index in [1.165, 1.54) is 0 Å². The van der Waals surface area contributed by atoms with E-state index in [0.29, 0.717) is 48.8 Å². The molecule has 0 saturated heterocycles. The highest BCUT2D eigenvalue weighted by molar-refractivity contribution is 5.97. The number of amidine groups is 2. The van der Waals surface area contributed by atoms with Crippen LogP contribution < -0.4 is 33.6 Å². The van der Waals surface area contributed by atoms with Crippen molar-refractivity contribution in [2.75, 3.05) is 48.4 Å². The number of anilines is 4. The standard InChI is InChI=1S/C18H26N8O/c19-13-9-11(17(21)22)1-3-15(13)25-5-7-27-8-6-26-16-4-2-12(18(23)24)10-14(16)20/h1-4,9-10,25-26H,5-8,19-20H2,(H3,21,22)(H3,23,24). The van der Waals surface area contributed by atoms with Crippen LogP contribution in [-0.4, -0.2) is 38.0 Å². The lowest BCUT2D eigenvalue weighted by Crippen LogP contribution is -2.16. The molecule has 0 bridgehead atoms. The highest BCUT2D eigenvalue weighted by Crippen LogP contribution is 2.20.